The molecule has 3 aromatic carbocycles. The van der Waals surface area contributed by atoms with E-state index in [1.165, 1.54) is 43.6 Å². The van der Waals surface area contributed by atoms with Gasteiger partial charge in [0, 0.05) is 56.1 Å². The minimum Gasteiger partial charge on any atom is -0.338 e. The van der Waals surface area contributed by atoms with Gasteiger partial charge in [0.05, 0.1) is 37.9 Å². The number of thioether (sulfide) groups is 1. The second-order valence-corrected chi connectivity index (χ2v) is 11.4. The van der Waals surface area contributed by atoms with Gasteiger partial charge in [0.15, 0.2) is 0 Å². The average molecular weight is 600 g/mol. The topological polar surface area (TPSA) is 10.4 Å². The monoisotopic (exact) mass is 599 g/mol. The van der Waals surface area contributed by atoms with Gasteiger partial charge in [-0.25, -0.2) is 0 Å². The van der Waals surface area contributed by atoms with Crippen LogP contribution in [0.1, 0.15) is 19.4 Å². The minimum absolute atomic E-state index is 0. The van der Waals surface area contributed by atoms with Crippen molar-refractivity contribution in [1.82, 2.24) is 0 Å². The summed E-state index contributed by atoms with van der Waals surface area (Å²) in [5.41, 5.74) is 4.94. The molecule has 0 saturated heterocycles. The zero-order valence-electron chi connectivity index (χ0n) is 23.3. The molecular weight excluding hydrogens is 561 g/mol. The van der Waals surface area contributed by atoms with Crippen LogP contribution in [0.2, 0.25) is 0 Å². The number of benzene rings is 3. The second-order valence-electron chi connectivity index (χ2n) is 10.3. The Hall–Kier alpha value is -2.18. The molecule has 6 heteroatoms. The van der Waals surface area contributed by atoms with Crippen LogP contribution >= 0.6 is 11.8 Å². The molecule has 0 amide bonds. The van der Waals surface area contributed by atoms with Crippen molar-refractivity contribution < 1.29 is 41.8 Å². The van der Waals surface area contributed by atoms with Crippen LogP contribution in [0.5, 0.6) is 0 Å². The van der Waals surface area contributed by atoms with Gasteiger partial charge < -0.3 is 9.38 Å². The Morgan fingerprint density at radius 1 is 0.921 bits per heavy atom. The molecule has 0 fully saturated rings. The van der Waals surface area contributed by atoms with E-state index in [4.69, 9.17) is 0 Å². The van der Waals surface area contributed by atoms with E-state index in [0.717, 1.165) is 30.7 Å². The number of hydrogen-bond acceptors (Lipinski definition) is 3. The summed E-state index contributed by atoms with van der Waals surface area (Å²) < 4.78 is 3.44. The molecule has 1 aliphatic heterocycles. The van der Waals surface area contributed by atoms with Crippen molar-refractivity contribution in [3.63, 3.8) is 0 Å². The number of anilines is 2. The number of pyridine rings is 1. The Morgan fingerprint density at radius 3 is 2.32 bits per heavy atom. The molecule has 5 rings (SSSR count). The standard InChI is InChI=1S/C32H38N4S.Y/c1-6-34(21-22-36(4,5)7-2)31-23-25(24-32-33(3)29-19-13-14-20-30(29)37-32)27-17-11-12-18-28(27)35(31)26-15-9-8-10-16-26;/h8-20,23-24H,6-7,21-22H2,1-5H3;/q+2;. The van der Waals surface area contributed by atoms with E-state index in [2.05, 4.69) is 140 Å². The Balaban J connectivity index is 0.00000336. The molecule has 1 aromatic heterocycles. The van der Waals surface area contributed by atoms with Gasteiger partial charge in [-0.05, 0) is 55.8 Å². The molecule has 193 valence electrons. The zero-order chi connectivity index (χ0) is 26.0. The number of rotatable bonds is 8. The summed E-state index contributed by atoms with van der Waals surface area (Å²) in [6, 6.07) is 30.6. The third kappa shape index (κ3) is 5.87. The molecule has 0 saturated carbocycles. The molecule has 4 aromatic rings. The normalized spacial score (nSPS) is 14.0. The van der Waals surface area contributed by atoms with E-state index in [0.29, 0.717) is 0 Å². The maximum atomic E-state index is 2.54. The van der Waals surface area contributed by atoms with E-state index in [1.54, 1.807) is 0 Å². The van der Waals surface area contributed by atoms with Gasteiger partial charge in [0.1, 0.15) is 24.3 Å². The molecule has 38 heavy (non-hydrogen) atoms. The summed E-state index contributed by atoms with van der Waals surface area (Å²) in [4.78, 5) is 6.16. The number of nitrogens with zero attached hydrogens (tertiary/aromatic N) is 4. The van der Waals surface area contributed by atoms with Crippen molar-refractivity contribution in [2.45, 2.75) is 18.7 Å². The molecule has 4 nitrogen and oxygen atoms in total. The number of quaternary nitrogens is 1. The Morgan fingerprint density at radius 2 is 1.61 bits per heavy atom. The van der Waals surface area contributed by atoms with Crippen LogP contribution in [-0.2, 0) is 32.7 Å². The van der Waals surface area contributed by atoms with Crippen LogP contribution in [0.15, 0.2) is 94.9 Å². The smallest absolute Gasteiger partial charge is 0.283 e. The number of aromatic nitrogens is 1. The first-order valence-electron chi connectivity index (χ1n) is 13.2. The molecule has 1 aliphatic rings. The van der Waals surface area contributed by atoms with Crippen molar-refractivity contribution in [3.05, 3.63) is 95.5 Å². The van der Waals surface area contributed by atoms with Crippen LogP contribution in [-0.4, -0.2) is 51.8 Å². The molecule has 0 N–H and O–H groups in total. The van der Waals surface area contributed by atoms with E-state index < -0.39 is 0 Å². The summed E-state index contributed by atoms with van der Waals surface area (Å²) in [5.74, 6) is 1.23. The average Bonchev–Trinajstić information content (AvgIpc) is 3.24. The number of hydrogen-bond donors (Lipinski definition) is 0. The van der Waals surface area contributed by atoms with Crippen molar-refractivity contribution in [3.8, 4) is 5.69 Å². The van der Waals surface area contributed by atoms with Crippen molar-refractivity contribution >= 4 is 40.2 Å². The third-order valence-electron chi connectivity index (χ3n) is 7.57. The predicted molar refractivity (Wildman–Crippen MR) is 160 cm³/mol. The fourth-order valence-electron chi connectivity index (χ4n) is 4.88. The van der Waals surface area contributed by atoms with Crippen LogP contribution in [0.25, 0.3) is 22.7 Å². The van der Waals surface area contributed by atoms with Crippen molar-refractivity contribution in [1.29, 1.82) is 0 Å². The first-order chi connectivity index (χ1) is 17.9. The number of fused-ring (bicyclic) bond motifs is 2. The van der Waals surface area contributed by atoms with E-state index in [9.17, 15) is 0 Å². The molecule has 0 atom stereocenters. The SMILES string of the molecule is CCN(CC[N+](C)(C)CC)c1cc(C=C2Sc3ccccc3N2C)c2ccccc2[n+]1-c1ccccc1.[Y]. The molecule has 2 heterocycles. The summed E-state index contributed by atoms with van der Waals surface area (Å²) >= 11 is 1.85. The maximum Gasteiger partial charge on any atom is 0.283 e. The van der Waals surface area contributed by atoms with Crippen molar-refractivity contribution in [2.75, 3.05) is 57.1 Å². The van der Waals surface area contributed by atoms with Gasteiger partial charge in [-0.3, -0.25) is 4.90 Å². The number of likely N-dealkylation sites (N-methyl/N-ethyl adjacent to an activating group) is 2. The van der Waals surface area contributed by atoms with Crippen LogP contribution in [0, 0.1) is 0 Å². The summed E-state index contributed by atoms with van der Waals surface area (Å²) in [6.45, 7) is 8.70. The van der Waals surface area contributed by atoms with Crippen LogP contribution in [0.4, 0.5) is 11.5 Å². The van der Waals surface area contributed by atoms with Gasteiger partial charge in [0.25, 0.3) is 5.82 Å². The quantitative estimate of drug-likeness (QED) is 0.168. The summed E-state index contributed by atoms with van der Waals surface area (Å²) in [7, 11) is 6.81. The molecular formula is C32H38N4SY+2. The first-order valence-corrected chi connectivity index (χ1v) is 14.1. The Kier molecular flexibility index (Phi) is 9.36. The van der Waals surface area contributed by atoms with Gasteiger partial charge >= 0.3 is 0 Å². The Labute approximate surface area is 257 Å². The Bertz CT molecular complexity index is 1430. The zero-order valence-corrected chi connectivity index (χ0v) is 26.9. The van der Waals surface area contributed by atoms with Crippen LogP contribution in [0.3, 0.4) is 0 Å². The first kappa shape index (κ1) is 28.8. The largest absolute Gasteiger partial charge is 0.338 e. The predicted octanol–water partition coefficient (Wildman–Crippen LogP) is 6.58. The fraction of sp³-hybridized carbons (Fsp3) is 0.281. The van der Waals surface area contributed by atoms with Gasteiger partial charge in [-0.1, -0.05) is 60.3 Å². The molecule has 0 aliphatic carbocycles. The number of para-hydroxylation sites is 3. The molecule has 0 unspecified atom stereocenters. The van der Waals surface area contributed by atoms with E-state index in [1.807, 2.05) is 11.8 Å². The van der Waals surface area contributed by atoms with E-state index >= 15 is 0 Å². The molecule has 0 spiro atoms. The summed E-state index contributed by atoms with van der Waals surface area (Å²) in [5, 5.41) is 2.51. The molecule has 1 radical (unpaired) electrons. The van der Waals surface area contributed by atoms with Gasteiger partial charge in [0.2, 0.25) is 0 Å². The maximum absolute atomic E-state index is 2.54. The fourth-order valence-corrected chi connectivity index (χ4v) is 5.98. The van der Waals surface area contributed by atoms with Gasteiger partial charge in [-0.2, -0.15) is 4.57 Å². The van der Waals surface area contributed by atoms with Gasteiger partial charge in [-0.15, -0.1) is 0 Å². The minimum atomic E-state index is 0. The van der Waals surface area contributed by atoms with E-state index in [-0.39, 0.29) is 32.7 Å². The second kappa shape index (κ2) is 12.3. The summed E-state index contributed by atoms with van der Waals surface area (Å²) in [6.07, 6.45) is 2.37. The van der Waals surface area contributed by atoms with Crippen molar-refractivity contribution in [2.24, 2.45) is 0 Å². The molecule has 0 bridgehead atoms. The van der Waals surface area contributed by atoms with Crippen LogP contribution < -0.4 is 14.4 Å². The third-order valence-corrected chi connectivity index (χ3v) is 8.74.